The summed E-state index contributed by atoms with van der Waals surface area (Å²) in [6.45, 7) is 2.50. The van der Waals surface area contributed by atoms with Gasteiger partial charge in [0.25, 0.3) is 0 Å². The van der Waals surface area contributed by atoms with Crippen LogP contribution in [0.3, 0.4) is 0 Å². The summed E-state index contributed by atoms with van der Waals surface area (Å²) in [5, 5.41) is 0. The highest BCUT2D eigenvalue weighted by Crippen LogP contribution is 2.15. The van der Waals surface area contributed by atoms with Gasteiger partial charge in [-0.3, -0.25) is 0 Å². The van der Waals surface area contributed by atoms with Crippen LogP contribution in [0.5, 0.6) is 0 Å². The van der Waals surface area contributed by atoms with Gasteiger partial charge in [0.1, 0.15) is 0 Å². The van der Waals surface area contributed by atoms with E-state index in [-0.39, 0.29) is 5.75 Å². The smallest absolute Gasteiger partial charge is 0.179 e. The Balaban J connectivity index is 2.57. The van der Waals surface area contributed by atoms with E-state index in [9.17, 15) is 8.42 Å². The van der Waals surface area contributed by atoms with E-state index in [1.807, 2.05) is 6.07 Å². The molecule has 0 amide bonds. The fourth-order valence-corrected chi connectivity index (χ4v) is 4.40. The third-order valence-corrected chi connectivity index (χ3v) is 5.67. The van der Waals surface area contributed by atoms with Crippen LogP contribution >= 0.6 is 11.8 Å². The Morgan fingerprint density at radius 2 is 2.06 bits per heavy atom. The van der Waals surface area contributed by atoms with Crippen molar-refractivity contribution in [1.29, 1.82) is 0 Å². The number of unbranched alkanes of at least 4 members (excludes halogenated alkanes) is 1. The minimum absolute atomic E-state index is 0.204. The van der Waals surface area contributed by atoms with Gasteiger partial charge in [0, 0.05) is 12.3 Å². The van der Waals surface area contributed by atoms with Crippen molar-refractivity contribution in [3.05, 3.63) is 29.8 Å². The highest BCUT2D eigenvalue weighted by Gasteiger charge is 2.14. The average molecular weight is 287 g/mol. The number of rotatable bonds is 8. The topological polar surface area (TPSA) is 60.2 Å². The largest absolute Gasteiger partial charge is 0.326 e. The van der Waals surface area contributed by atoms with Gasteiger partial charge in [-0.1, -0.05) is 25.5 Å². The zero-order chi connectivity index (χ0) is 13.4. The summed E-state index contributed by atoms with van der Waals surface area (Å²) >= 11 is 1.71. The van der Waals surface area contributed by atoms with Gasteiger partial charge in [-0.05, 0) is 29.9 Å². The molecule has 0 aliphatic rings. The van der Waals surface area contributed by atoms with E-state index < -0.39 is 9.84 Å². The first kappa shape index (κ1) is 15.5. The molecule has 102 valence electrons. The predicted molar refractivity (Wildman–Crippen MR) is 78.6 cm³/mol. The summed E-state index contributed by atoms with van der Waals surface area (Å²) in [4.78, 5) is 0.390. The minimum atomic E-state index is -3.16. The average Bonchev–Trinajstić information content (AvgIpc) is 2.38. The number of benzene rings is 1. The van der Waals surface area contributed by atoms with Crippen LogP contribution in [0, 0.1) is 0 Å². The monoisotopic (exact) mass is 287 g/mol. The molecule has 0 spiro atoms. The maximum atomic E-state index is 12.1. The fourth-order valence-electron chi connectivity index (χ4n) is 1.50. The van der Waals surface area contributed by atoms with Gasteiger partial charge in [-0.15, -0.1) is 0 Å². The molecular weight excluding hydrogens is 266 g/mol. The molecule has 0 saturated carbocycles. The van der Waals surface area contributed by atoms with E-state index in [1.165, 1.54) is 0 Å². The normalized spacial score (nSPS) is 11.7. The third-order valence-electron chi connectivity index (χ3n) is 2.63. The van der Waals surface area contributed by atoms with Gasteiger partial charge < -0.3 is 5.73 Å². The van der Waals surface area contributed by atoms with Gasteiger partial charge >= 0.3 is 0 Å². The van der Waals surface area contributed by atoms with Crippen LogP contribution in [-0.4, -0.2) is 25.7 Å². The molecule has 5 heteroatoms. The van der Waals surface area contributed by atoms with Crippen LogP contribution < -0.4 is 5.73 Å². The molecule has 0 fully saturated rings. The Bertz CT molecular complexity index is 458. The van der Waals surface area contributed by atoms with Gasteiger partial charge in [-0.2, -0.15) is 11.8 Å². The molecule has 1 aromatic carbocycles. The first-order chi connectivity index (χ1) is 8.60. The second-order valence-electron chi connectivity index (χ2n) is 4.14. The summed E-state index contributed by atoms with van der Waals surface area (Å²) < 4.78 is 24.2. The standard InChI is InChI=1S/C13H21NO2S2/c1-2-3-7-17-8-9-18(15,16)13-6-4-5-12(10-13)11-14/h4-6,10H,2-3,7-9,11,14H2,1H3. The maximum absolute atomic E-state index is 12.1. The van der Waals surface area contributed by atoms with Gasteiger partial charge in [0.05, 0.1) is 10.6 Å². The molecule has 0 atom stereocenters. The van der Waals surface area contributed by atoms with E-state index in [4.69, 9.17) is 5.73 Å². The summed E-state index contributed by atoms with van der Waals surface area (Å²) in [6, 6.07) is 6.91. The number of sulfone groups is 1. The van der Waals surface area contributed by atoms with Crippen molar-refractivity contribution in [3.8, 4) is 0 Å². The molecule has 1 aromatic rings. The molecule has 0 heterocycles. The van der Waals surface area contributed by atoms with E-state index in [1.54, 1.807) is 30.0 Å². The second kappa shape index (κ2) is 7.81. The number of nitrogens with two attached hydrogens (primary N) is 1. The highest BCUT2D eigenvalue weighted by atomic mass is 32.2. The van der Waals surface area contributed by atoms with Crippen molar-refractivity contribution in [3.63, 3.8) is 0 Å². The Labute approximate surface area is 114 Å². The lowest BCUT2D eigenvalue weighted by Gasteiger charge is -2.06. The summed E-state index contributed by atoms with van der Waals surface area (Å²) in [6.07, 6.45) is 2.30. The first-order valence-corrected chi connectivity index (χ1v) is 9.00. The first-order valence-electron chi connectivity index (χ1n) is 6.19. The van der Waals surface area contributed by atoms with Gasteiger partial charge in [0.15, 0.2) is 9.84 Å². The molecule has 0 saturated heterocycles. The summed E-state index contributed by atoms with van der Waals surface area (Å²) in [5.41, 5.74) is 6.37. The van der Waals surface area contributed by atoms with Crippen molar-refractivity contribution in [2.24, 2.45) is 5.73 Å². The lowest BCUT2D eigenvalue weighted by atomic mass is 10.2. The van der Waals surface area contributed by atoms with Gasteiger partial charge in [0.2, 0.25) is 0 Å². The van der Waals surface area contributed by atoms with Crippen molar-refractivity contribution in [2.45, 2.75) is 31.2 Å². The molecule has 0 aromatic heterocycles. The van der Waals surface area contributed by atoms with Gasteiger partial charge in [-0.25, -0.2) is 8.42 Å². The van der Waals surface area contributed by atoms with E-state index >= 15 is 0 Å². The van der Waals surface area contributed by atoms with Crippen molar-refractivity contribution in [2.75, 3.05) is 17.3 Å². The zero-order valence-corrected chi connectivity index (χ0v) is 12.4. The Kier molecular flexibility index (Phi) is 6.75. The van der Waals surface area contributed by atoms with E-state index in [0.29, 0.717) is 17.2 Å². The van der Waals surface area contributed by atoms with Crippen molar-refractivity contribution < 1.29 is 8.42 Å². The quantitative estimate of drug-likeness (QED) is 0.746. The Morgan fingerprint density at radius 1 is 1.28 bits per heavy atom. The maximum Gasteiger partial charge on any atom is 0.179 e. The molecule has 3 nitrogen and oxygen atoms in total. The molecule has 0 unspecified atom stereocenters. The molecule has 18 heavy (non-hydrogen) atoms. The Morgan fingerprint density at radius 3 is 2.72 bits per heavy atom. The predicted octanol–water partition coefficient (Wildman–Crippen LogP) is 2.45. The molecular formula is C13H21NO2S2. The SMILES string of the molecule is CCCCSCCS(=O)(=O)c1cccc(CN)c1. The number of hydrogen-bond acceptors (Lipinski definition) is 4. The lowest BCUT2D eigenvalue weighted by molar-refractivity contribution is 0.597. The summed E-state index contributed by atoms with van der Waals surface area (Å²) in [7, 11) is -3.16. The van der Waals surface area contributed by atoms with E-state index in [0.717, 1.165) is 24.2 Å². The van der Waals surface area contributed by atoms with Crippen LogP contribution in [0.25, 0.3) is 0 Å². The molecule has 0 aliphatic carbocycles. The molecule has 0 radical (unpaired) electrons. The highest BCUT2D eigenvalue weighted by molar-refractivity contribution is 8.00. The van der Waals surface area contributed by atoms with E-state index in [2.05, 4.69) is 6.92 Å². The fraction of sp³-hybridized carbons (Fsp3) is 0.538. The molecule has 0 bridgehead atoms. The van der Waals surface area contributed by atoms with Crippen molar-refractivity contribution >= 4 is 21.6 Å². The van der Waals surface area contributed by atoms with Crippen LogP contribution in [0.4, 0.5) is 0 Å². The number of hydrogen-bond donors (Lipinski definition) is 1. The van der Waals surface area contributed by atoms with Crippen LogP contribution in [0.1, 0.15) is 25.3 Å². The molecule has 0 aliphatic heterocycles. The summed E-state index contributed by atoms with van der Waals surface area (Å²) in [5.74, 6) is 1.90. The second-order valence-corrected chi connectivity index (χ2v) is 7.47. The molecule has 1 rings (SSSR count). The third kappa shape index (κ3) is 5.00. The van der Waals surface area contributed by atoms with Crippen molar-refractivity contribution in [1.82, 2.24) is 0 Å². The number of thioether (sulfide) groups is 1. The zero-order valence-electron chi connectivity index (χ0n) is 10.8. The Hall–Kier alpha value is -0.520. The van der Waals surface area contributed by atoms with Crippen LogP contribution in [-0.2, 0) is 16.4 Å². The van der Waals surface area contributed by atoms with Crippen LogP contribution in [0.2, 0.25) is 0 Å². The minimum Gasteiger partial charge on any atom is -0.326 e. The molecule has 2 N–H and O–H groups in total. The lowest BCUT2D eigenvalue weighted by Crippen LogP contribution is -2.10. The van der Waals surface area contributed by atoms with Crippen LogP contribution in [0.15, 0.2) is 29.2 Å².